The number of methoxy groups -OCH3 is 2. The van der Waals surface area contributed by atoms with E-state index in [1.165, 1.54) is 23.5 Å². The SMILES string of the molecule is COc1ccc(CN(CC2(O)CCC3c4ccc(cc4C(=O)Cc4c(F)cccc4Cl)CC(O)CCC(C)=CCCC32C)S(=O)(=O)c2cccs2)c(OC)c1. The number of hydrogen-bond donors (Lipinski definition) is 2. The van der Waals surface area contributed by atoms with Crippen molar-refractivity contribution >= 4 is 38.7 Å². The number of fused-ring (bicyclic) bond motifs is 8. The van der Waals surface area contributed by atoms with Gasteiger partial charge in [-0.05, 0) is 105 Å². The van der Waals surface area contributed by atoms with Gasteiger partial charge in [0.1, 0.15) is 21.5 Å². The Morgan fingerprint density at radius 3 is 2.56 bits per heavy atom. The number of hydrogen-bond acceptors (Lipinski definition) is 8. The number of ketones is 1. The fraction of sp³-hybridized carbons (Fsp3) is 0.419. The molecule has 0 spiro atoms. The third kappa shape index (κ3) is 8.57. The van der Waals surface area contributed by atoms with Gasteiger partial charge in [-0.2, -0.15) is 4.31 Å². The van der Waals surface area contributed by atoms with E-state index in [1.54, 1.807) is 55.0 Å². The van der Waals surface area contributed by atoms with Crippen molar-refractivity contribution in [1.29, 1.82) is 0 Å². The van der Waals surface area contributed by atoms with Crippen LogP contribution in [-0.2, 0) is 29.4 Å². The summed E-state index contributed by atoms with van der Waals surface area (Å²) in [4.78, 5) is 14.3. The van der Waals surface area contributed by atoms with E-state index in [1.807, 2.05) is 26.0 Å². The maximum absolute atomic E-state index is 15.0. The lowest BCUT2D eigenvalue weighted by Crippen LogP contribution is -2.53. The lowest BCUT2D eigenvalue weighted by molar-refractivity contribution is -0.0732. The average Bonchev–Trinajstić information content (AvgIpc) is 3.79. The second-order valence-electron chi connectivity index (χ2n) is 15.1. The summed E-state index contributed by atoms with van der Waals surface area (Å²) in [5, 5.41) is 25.9. The molecule has 4 atom stereocenters. The molecule has 3 aliphatic rings. The van der Waals surface area contributed by atoms with Crippen molar-refractivity contribution < 1.29 is 37.3 Å². The standard InChI is InChI=1S/C43H49ClFNO7S2/c1-28-8-6-19-42(2)36(33-17-13-29(22-31(47)15-12-28)23-34(33)39(48)25-35-37(44)9-5-10-38(35)45)18-20-43(42,49)27-46(55(50,51)41-11-7-21-54-41)26-30-14-16-32(52-3)24-40(30)53-4/h5,7-11,13-14,16-17,21,23-24,31,36,47,49H,6,12,15,18-20,22,25-27H2,1-4H3. The molecular weight excluding hydrogens is 761 g/mol. The van der Waals surface area contributed by atoms with E-state index in [9.17, 15) is 23.4 Å². The van der Waals surface area contributed by atoms with Crippen LogP contribution in [-0.4, -0.2) is 61.2 Å². The molecule has 12 heteroatoms. The molecule has 8 nitrogen and oxygen atoms in total. The minimum atomic E-state index is -4.10. The first-order valence-corrected chi connectivity index (χ1v) is 21.3. The number of carbonyl (C=O) groups excluding carboxylic acids is 1. The van der Waals surface area contributed by atoms with Crippen LogP contribution in [0.3, 0.4) is 0 Å². The van der Waals surface area contributed by atoms with Gasteiger partial charge in [0, 0.05) is 52.7 Å². The average molecular weight is 810 g/mol. The number of sulfonamides is 1. The Balaban J connectivity index is 1.46. The molecule has 0 aliphatic heterocycles. The number of carbonyl (C=O) groups is 1. The monoisotopic (exact) mass is 809 g/mol. The van der Waals surface area contributed by atoms with Crippen LogP contribution in [0, 0.1) is 11.2 Å². The van der Waals surface area contributed by atoms with Gasteiger partial charge in [0.15, 0.2) is 5.78 Å². The fourth-order valence-electron chi connectivity index (χ4n) is 8.43. The third-order valence-electron chi connectivity index (χ3n) is 11.7. The molecule has 3 aliphatic carbocycles. The summed E-state index contributed by atoms with van der Waals surface area (Å²) in [5.41, 5.74) is 1.24. The minimum absolute atomic E-state index is 0.0698. The van der Waals surface area contributed by atoms with Crippen molar-refractivity contribution in [3.05, 3.63) is 122 Å². The largest absolute Gasteiger partial charge is 0.497 e. The van der Waals surface area contributed by atoms with E-state index >= 15 is 4.39 Å². The molecule has 4 aromatic rings. The van der Waals surface area contributed by atoms with Crippen molar-refractivity contribution in [2.75, 3.05) is 20.8 Å². The number of halogens is 2. The van der Waals surface area contributed by atoms with E-state index in [-0.39, 0.29) is 52.4 Å². The molecule has 294 valence electrons. The van der Waals surface area contributed by atoms with Gasteiger partial charge in [0.05, 0.1) is 25.9 Å². The van der Waals surface area contributed by atoms with Gasteiger partial charge in [-0.1, -0.05) is 60.5 Å². The summed E-state index contributed by atoms with van der Waals surface area (Å²) in [6.07, 6.45) is 4.61. The Bertz CT molecular complexity index is 2140. The van der Waals surface area contributed by atoms with Gasteiger partial charge in [0.2, 0.25) is 0 Å². The van der Waals surface area contributed by atoms with E-state index in [4.69, 9.17) is 21.1 Å². The van der Waals surface area contributed by atoms with Gasteiger partial charge in [0.25, 0.3) is 10.0 Å². The summed E-state index contributed by atoms with van der Waals surface area (Å²) in [6, 6.07) is 18.4. The summed E-state index contributed by atoms with van der Waals surface area (Å²) in [5.74, 6) is -0.254. The number of nitrogens with zero attached hydrogens (tertiary/aromatic N) is 1. The Morgan fingerprint density at radius 1 is 1.05 bits per heavy atom. The predicted octanol–water partition coefficient (Wildman–Crippen LogP) is 8.91. The fourth-order valence-corrected chi connectivity index (χ4v) is 11.3. The molecule has 1 heterocycles. The molecule has 55 heavy (non-hydrogen) atoms. The zero-order valence-electron chi connectivity index (χ0n) is 31.7. The Kier molecular flexibility index (Phi) is 12.6. The highest BCUT2D eigenvalue weighted by atomic mass is 35.5. The van der Waals surface area contributed by atoms with Crippen molar-refractivity contribution in [3.8, 4) is 11.5 Å². The molecule has 0 saturated heterocycles. The van der Waals surface area contributed by atoms with E-state index < -0.39 is 33.0 Å². The molecule has 4 unspecified atom stereocenters. The van der Waals surface area contributed by atoms with Crippen LogP contribution in [0.1, 0.15) is 90.9 Å². The van der Waals surface area contributed by atoms with Crippen molar-refractivity contribution in [1.82, 2.24) is 4.31 Å². The number of allylic oxidation sites excluding steroid dienone is 2. The first kappa shape index (κ1) is 41.1. The number of ether oxygens (including phenoxy) is 2. The van der Waals surface area contributed by atoms with Crippen LogP contribution in [0.4, 0.5) is 4.39 Å². The topological polar surface area (TPSA) is 113 Å². The summed E-state index contributed by atoms with van der Waals surface area (Å²) >= 11 is 7.50. The van der Waals surface area contributed by atoms with Gasteiger partial charge in [-0.15, -0.1) is 11.3 Å². The zero-order chi connectivity index (χ0) is 39.5. The number of thiophene rings is 1. The summed E-state index contributed by atoms with van der Waals surface area (Å²) < 4.78 is 56.5. The summed E-state index contributed by atoms with van der Waals surface area (Å²) in [6.45, 7) is 3.76. The third-order valence-corrected chi connectivity index (χ3v) is 15.3. The van der Waals surface area contributed by atoms with Crippen LogP contribution in [0.15, 0.2) is 88.0 Å². The van der Waals surface area contributed by atoms with Crippen molar-refractivity contribution in [2.45, 2.75) is 93.6 Å². The molecule has 0 radical (unpaired) electrons. The van der Waals surface area contributed by atoms with Crippen LogP contribution in [0.25, 0.3) is 0 Å². The van der Waals surface area contributed by atoms with Gasteiger partial charge < -0.3 is 19.7 Å². The minimum Gasteiger partial charge on any atom is -0.497 e. The van der Waals surface area contributed by atoms with Crippen LogP contribution in [0.2, 0.25) is 5.02 Å². The normalized spacial score (nSPS) is 23.3. The zero-order valence-corrected chi connectivity index (χ0v) is 34.1. The summed E-state index contributed by atoms with van der Waals surface area (Å²) in [7, 11) is -1.04. The smallest absolute Gasteiger partial charge is 0.252 e. The Morgan fingerprint density at radius 2 is 1.85 bits per heavy atom. The lowest BCUT2D eigenvalue weighted by atomic mass is 9.64. The van der Waals surface area contributed by atoms with Crippen LogP contribution >= 0.6 is 22.9 Å². The lowest BCUT2D eigenvalue weighted by Gasteiger charge is -2.46. The molecule has 1 aromatic heterocycles. The van der Waals surface area contributed by atoms with Crippen LogP contribution < -0.4 is 9.47 Å². The first-order chi connectivity index (χ1) is 26.2. The van der Waals surface area contributed by atoms with Gasteiger partial charge in [-0.25, -0.2) is 12.8 Å². The number of rotatable bonds is 11. The Labute approximate surface area is 332 Å². The molecule has 7 rings (SSSR count). The number of Topliss-reactive ketones (excluding diaryl/α,β-unsaturated/α-hetero) is 1. The number of aliphatic hydroxyl groups excluding tert-OH is 1. The highest BCUT2D eigenvalue weighted by Gasteiger charge is 2.58. The number of aliphatic hydroxyl groups is 2. The molecule has 3 aromatic carbocycles. The second-order valence-corrected chi connectivity index (χ2v) is 18.7. The highest BCUT2D eigenvalue weighted by Crippen LogP contribution is 2.59. The van der Waals surface area contributed by atoms with E-state index in [0.29, 0.717) is 66.7 Å². The Hall–Kier alpha value is -3.58. The van der Waals surface area contributed by atoms with Gasteiger partial charge in [-0.3, -0.25) is 4.79 Å². The van der Waals surface area contributed by atoms with E-state index in [2.05, 4.69) is 6.08 Å². The van der Waals surface area contributed by atoms with Crippen molar-refractivity contribution in [3.63, 3.8) is 0 Å². The molecular formula is C43H49ClFNO7S2. The molecule has 0 amide bonds. The maximum Gasteiger partial charge on any atom is 0.252 e. The quantitative estimate of drug-likeness (QED) is 0.115. The highest BCUT2D eigenvalue weighted by molar-refractivity contribution is 7.91. The van der Waals surface area contributed by atoms with E-state index in [0.717, 1.165) is 22.5 Å². The van der Waals surface area contributed by atoms with Crippen molar-refractivity contribution in [2.24, 2.45) is 5.41 Å². The molecule has 2 bridgehead atoms. The number of benzene rings is 3. The first-order valence-electron chi connectivity index (χ1n) is 18.6. The predicted molar refractivity (Wildman–Crippen MR) is 214 cm³/mol. The second kappa shape index (κ2) is 16.9. The molecule has 2 N–H and O–H groups in total. The molecule has 1 fully saturated rings. The molecule has 1 saturated carbocycles. The van der Waals surface area contributed by atoms with Crippen LogP contribution in [0.5, 0.6) is 11.5 Å². The maximum atomic E-state index is 15.0. The van der Waals surface area contributed by atoms with Gasteiger partial charge >= 0.3 is 0 Å².